The van der Waals surface area contributed by atoms with E-state index in [1.807, 2.05) is 42.4 Å². The summed E-state index contributed by atoms with van der Waals surface area (Å²) in [6, 6.07) is 0. The molecule has 9 heteroatoms. The molecule has 0 saturated carbocycles. The second kappa shape index (κ2) is 7.09. The molecule has 0 bridgehead atoms. The Labute approximate surface area is 161 Å². The molecule has 3 N–H and O–H groups in total. The molecule has 0 aliphatic heterocycles. The van der Waals surface area contributed by atoms with Crippen LogP contribution in [0.3, 0.4) is 0 Å². The maximum absolute atomic E-state index is 5.78. The summed E-state index contributed by atoms with van der Waals surface area (Å²) in [5.41, 5.74) is 10.6. The van der Waals surface area contributed by atoms with Gasteiger partial charge in [-0.15, -0.1) is 0 Å². The molecule has 0 amide bonds. The van der Waals surface area contributed by atoms with Crippen LogP contribution in [-0.4, -0.2) is 35.1 Å². The molecule has 0 aromatic carbocycles. The summed E-state index contributed by atoms with van der Waals surface area (Å²) in [7, 11) is 1.90. The predicted octanol–water partition coefficient (Wildman–Crippen LogP) is 2.95. The number of hydrogen-bond acceptors (Lipinski definition) is 7. The minimum Gasteiger partial charge on any atom is -0.330 e. The maximum atomic E-state index is 5.78. The van der Waals surface area contributed by atoms with Crippen molar-refractivity contribution >= 4 is 28.0 Å². The van der Waals surface area contributed by atoms with Gasteiger partial charge < -0.3 is 11.1 Å². The number of rotatable bonds is 6. The molecular formula is C18H22N8S. The van der Waals surface area contributed by atoms with E-state index in [9.17, 15) is 0 Å². The smallest absolute Gasteiger partial charge is 0.180 e. The van der Waals surface area contributed by atoms with Crippen molar-refractivity contribution in [1.82, 2.24) is 28.5 Å². The number of aromatic nitrogens is 6. The van der Waals surface area contributed by atoms with E-state index in [4.69, 9.17) is 10.7 Å². The zero-order valence-electron chi connectivity index (χ0n) is 15.5. The lowest BCUT2D eigenvalue weighted by molar-refractivity contribution is 0.768. The molecule has 27 heavy (non-hydrogen) atoms. The first-order chi connectivity index (χ1) is 13.1. The molecule has 4 heterocycles. The van der Waals surface area contributed by atoms with Gasteiger partial charge in [0, 0.05) is 43.2 Å². The minimum absolute atomic E-state index is 0.375. The van der Waals surface area contributed by atoms with E-state index in [1.165, 1.54) is 17.1 Å². The monoisotopic (exact) mass is 382 g/mol. The first-order valence-electron chi connectivity index (χ1n) is 8.84. The van der Waals surface area contributed by atoms with Crippen LogP contribution in [0, 0.1) is 0 Å². The van der Waals surface area contributed by atoms with Gasteiger partial charge in [0.25, 0.3) is 0 Å². The quantitative estimate of drug-likeness (QED) is 0.532. The zero-order valence-corrected chi connectivity index (χ0v) is 16.4. The molecule has 0 radical (unpaired) electrons. The van der Waals surface area contributed by atoms with Gasteiger partial charge in [0.05, 0.1) is 23.8 Å². The number of hydrogen-bond donors (Lipinski definition) is 2. The van der Waals surface area contributed by atoms with Crippen molar-refractivity contribution in [2.24, 2.45) is 12.8 Å². The average Bonchev–Trinajstić information content (AvgIpc) is 3.34. The molecule has 140 valence electrons. The van der Waals surface area contributed by atoms with Gasteiger partial charge in [-0.25, -0.2) is 9.97 Å². The van der Waals surface area contributed by atoms with Crippen LogP contribution in [0.15, 0.2) is 31.0 Å². The number of imidazole rings is 1. The number of nitrogens with zero attached hydrogens (tertiary/aromatic N) is 6. The maximum Gasteiger partial charge on any atom is 0.180 e. The Hall–Kier alpha value is -2.78. The van der Waals surface area contributed by atoms with Gasteiger partial charge in [0.1, 0.15) is 5.00 Å². The molecule has 0 saturated heterocycles. The van der Waals surface area contributed by atoms with E-state index in [0.29, 0.717) is 24.7 Å². The summed E-state index contributed by atoms with van der Waals surface area (Å²) in [6.45, 7) is 4.84. The highest BCUT2D eigenvalue weighted by molar-refractivity contribution is 7.10. The topological polar surface area (TPSA) is 99.0 Å². The number of nitrogens with one attached hydrogen (secondary N) is 1. The van der Waals surface area contributed by atoms with E-state index in [2.05, 4.69) is 33.6 Å². The highest BCUT2D eigenvalue weighted by Gasteiger charge is 2.16. The highest BCUT2D eigenvalue weighted by Crippen LogP contribution is 2.32. The second-order valence-electron chi connectivity index (χ2n) is 6.75. The SMILES string of the molecule is CC(C)c1cnsc1Nc1nc(CCN)cn2c(-c3cnn(C)c3)cnc12. The molecule has 4 aromatic rings. The largest absolute Gasteiger partial charge is 0.330 e. The van der Waals surface area contributed by atoms with Gasteiger partial charge in [0.2, 0.25) is 0 Å². The molecule has 0 aliphatic carbocycles. The van der Waals surface area contributed by atoms with Crippen LogP contribution >= 0.6 is 11.5 Å². The molecule has 4 aromatic heterocycles. The first kappa shape index (κ1) is 17.6. The van der Waals surface area contributed by atoms with Crippen molar-refractivity contribution in [3.05, 3.63) is 42.2 Å². The zero-order chi connectivity index (χ0) is 19.0. The number of nitrogens with two attached hydrogens (primary N) is 1. The Balaban J connectivity index is 1.84. The van der Waals surface area contributed by atoms with Gasteiger partial charge in [-0.1, -0.05) is 13.8 Å². The average molecular weight is 382 g/mol. The van der Waals surface area contributed by atoms with Crippen LogP contribution in [0.2, 0.25) is 0 Å². The molecule has 0 atom stereocenters. The van der Waals surface area contributed by atoms with Crippen LogP contribution in [0.4, 0.5) is 10.8 Å². The Kier molecular flexibility index (Phi) is 4.63. The van der Waals surface area contributed by atoms with Crippen LogP contribution < -0.4 is 11.1 Å². The summed E-state index contributed by atoms with van der Waals surface area (Å²) in [6.07, 6.45) is 10.2. The van der Waals surface area contributed by atoms with Crippen LogP contribution in [-0.2, 0) is 13.5 Å². The Morgan fingerprint density at radius 2 is 2.07 bits per heavy atom. The molecule has 0 aliphatic rings. The molecule has 4 rings (SSSR count). The fourth-order valence-electron chi connectivity index (χ4n) is 3.02. The van der Waals surface area contributed by atoms with Gasteiger partial charge >= 0.3 is 0 Å². The van der Waals surface area contributed by atoms with E-state index < -0.39 is 0 Å². The lowest BCUT2D eigenvalue weighted by Crippen LogP contribution is -2.08. The fourth-order valence-corrected chi connectivity index (χ4v) is 3.83. The number of anilines is 2. The summed E-state index contributed by atoms with van der Waals surface area (Å²) < 4.78 is 8.16. The summed E-state index contributed by atoms with van der Waals surface area (Å²) in [5, 5.41) is 8.71. The Bertz CT molecular complexity index is 1070. The lowest BCUT2D eigenvalue weighted by Gasteiger charge is -2.11. The second-order valence-corrected chi connectivity index (χ2v) is 7.55. The van der Waals surface area contributed by atoms with Crippen molar-refractivity contribution < 1.29 is 0 Å². The van der Waals surface area contributed by atoms with Gasteiger partial charge in [-0.2, -0.15) is 9.47 Å². The Morgan fingerprint density at radius 1 is 1.22 bits per heavy atom. The fraction of sp³-hybridized carbons (Fsp3) is 0.333. The molecule has 0 spiro atoms. The number of aryl methyl sites for hydroxylation is 1. The van der Waals surface area contributed by atoms with E-state index in [-0.39, 0.29) is 0 Å². The van der Waals surface area contributed by atoms with Crippen molar-refractivity contribution in [1.29, 1.82) is 0 Å². The van der Waals surface area contributed by atoms with Crippen molar-refractivity contribution in [2.45, 2.75) is 26.2 Å². The summed E-state index contributed by atoms with van der Waals surface area (Å²) in [4.78, 5) is 9.38. The van der Waals surface area contributed by atoms with Gasteiger partial charge in [0.15, 0.2) is 11.5 Å². The van der Waals surface area contributed by atoms with E-state index in [1.54, 1.807) is 4.68 Å². The third-order valence-corrected chi connectivity index (χ3v) is 5.13. The highest BCUT2D eigenvalue weighted by atomic mass is 32.1. The molecule has 0 fully saturated rings. The molecule has 0 unspecified atom stereocenters. The van der Waals surface area contributed by atoms with E-state index >= 15 is 0 Å². The van der Waals surface area contributed by atoms with Crippen molar-refractivity contribution in [3.8, 4) is 11.3 Å². The van der Waals surface area contributed by atoms with Gasteiger partial charge in [-0.05, 0) is 24.0 Å². The molecular weight excluding hydrogens is 360 g/mol. The van der Waals surface area contributed by atoms with Crippen LogP contribution in [0.1, 0.15) is 31.0 Å². The first-order valence-corrected chi connectivity index (χ1v) is 9.61. The van der Waals surface area contributed by atoms with Crippen LogP contribution in [0.5, 0.6) is 0 Å². The number of fused-ring (bicyclic) bond motifs is 1. The molecule has 8 nitrogen and oxygen atoms in total. The summed E-state index contributed by atoms with van der Waals surface area (Å²) in [5.74, 6) is 1.09. The van der Waals surface area contributed by atoms with Crippen molar-refractivity contribution in [3.63, 3.8) is 0 Å². The lowest BCUT2D eigenvalue weighted by atomic mass is 10.1. The summed E-state index contributed by atoms with van der Waals surface area (Å²) >= 11 is 1.43. The minimum atomic E-state index is 0.375. The van der Waals surface area contributed by atoms with E-state index in [0.717, 1.165) is 27.6 Å². The predicted molar refractivity (Wildman–Crippen MR) is 107 cm³/mol. The van der Waals surface area contributed by atoms with Crippen molar-refractivity contribution in [2.75, 3.05) is 11.9 Å². The Morgan fingerprint density at radius 3 is 2.78 bits per heavy atom. The van der Waals surface area contributed by atoms with Crippen LogP contribution in [0.25, 0.3) is 16.9 Å². The third kappa shape index (κ3) is 3.31. The van der Waals surface area contributed by atoms with Gasteiger partial charge in [-0.3, -0.25) is 9.08 Å². The normalized spacial score (nSPS) is 11.6. The standard InChI is InChI=1S/C18H22N8S/c1-11(2)14-7-22-27-18(14)24-16-17-20-8-15(12-6-21-25(3)9-12)26(17)10-13(23-16)4-5-19/h6-11H,4-5,19H2,1-3H3,(H,23,24). The third-order valence-electron chi connectivity index (χ3n) is 4.40.